The Bertz CT molecular complexity index is 751. The molecule has 1 amide bonds. The molecule has 0 spiro atoms. The topological polar surface area (TPSA) is 94.8 Å². The SMILES string of the molecule is Cc1nnc(NC(=O)CSc2nnc(C3CC3)n2C[C@H]2CCCO2)s1. The number of rotatable bonds is 7. The van der Waals surface area contributed by atoms with Crippen molar-refractivity contribution in [2.24, 2.45) is 0 Å². The molecule has 10 heteroatoms. The summed E-state index contributed by atoms with van der Waals surface area (Å²) in [6, 6.07) is 0. The Balaban J connectivity index is 1.39. The number of carbonyl (C=O) groups excluding carboxylic acids is 1. The normalized spacial score (nSPS) is 20.1. The van der Waals surface area contributed by atoms with Gasteiger partial charge in [-0.1, -0.05) is 23.1 Å². The van der Waals surface area contributed by atoms with E-state index in [-0.39, 0.29) is 17.8 Å². The Hall–Kier alpha value is -1.52. The molecule has 0 aromatic carbocycles. The fourth-order valence-electron chi connectivity index (χ4n) is 2.85. The number of hydrogen-bond donors (Lipinski definition) is 1. The van der Waals surface area contributed by atoms with E-state index in [1.807, 2.05) is 6.92 Å². The van der Waals surface area contributed by atoms with Crippen molar-refractivity contribution in [1.82, 2.24) is 25.0 Å². The summed E-state index contributed by atoms with van der Waals surface area (Å²) in [6.07, 6.45) is 4.75. The average Bonchev–Trinajstić information content (AvgIpc) is 2.96. The molecule has 0 unspecified atom stereocenters. The van der Waals surface area contributed by atoms with Gasteiger partial charge in [0.25, 0.3) is 0 Å². The second-order valence-corrected chi connectivity index (χ2v) is 8.45. The van der Waals surface area contributed by atoms with Gasteiger partial charge in [0.15, 0.2) is 5.16 Å². The largest absolute Gasteiger partial charge is 0.376 e. The van der Waals surface area contributed by atoms with Crippen molar-refractivity contribution in [2.45, 2.75) is 56.3 Å². The van der Waals surface area contributed by atoms with E-state index < -0.39 is 0 Å². The molecule has 134 valence electrons. The van der Waals surface area contributed by atoms with Crippen molar-refractivity contribution in [3.05, 3.63) is 10.8 Å². The number of anilines is 1. The summed E-state index contributed by atoms with van der Waals surface area (Å²) in [6.45, 7) is 3.46. The zero-order valence-electron chi connectivity index (χ0n) is 14.0. The smallest absolute Gasteiger partial charge is 0.236 e. The molecule has 1 aliphatic heterocycles. The lowest BCUT2D eigenvalue weighted by molar-refractivity contribution is -0.113. The summed E-state index contributed by atoms with van der Waals surface area (Å²) < 4.78 is 7.92. The molecule has 4 rings (SSSR count). The Morgan fingerprint density at radius 2 is 2.20 bits per heavy atom. The van der Waals surface area contributed by atoms with Crippen LogP contribution in [0.2, 0.25) is 0 Å². The molecule has 2 aromatic heterocycles. The summed E-state index contributed by atoms with van der Waals surface area (Å²) in [5.74, 6) is 1.72. The van der Waals surface area contributed by atoms with Crippen LogP contribution in [0.25, 0.3) is 0 Å². The summed E-state index contributed by atoms with van der Waals surface area (Å²) in [5, 5.41) is 21.4. The molecule has 0 radical (unpaired) electrons. The number of nitrogens with zero attached hydrogens (tertiary/aromatic N) is 5. The number of hydrogen-bond acceptors (Lipinski definition) is 8. The van der Waals surface area contributed by atoms with Crippen LogP contribution in [0.4, 0.5) is 5.13 Å². The fraction of sp³-hybridized carbons (Fsp3) is 0.667. The first-order valence-electron chi connectivity index (χ1n) is 8.46. The highest BCUT2D eigenvalue weighted by Gasteiger charge is 2.32. The minimum absolute atomic E-state index is 0.110. The van der Waals surface area contributed by atoms with E-state index in [0.29, 0.717) is 11.0 Å². The lowest BCUT2D eigenvalue weighted by Crippen LogP contribution is -2.19. The summed E-state index contributed by atoms with van der Waals surface area (Å²) >= 11 is 2.77. The Labute approximate surface area is 153 Å². The molecule has 0 bridgehead atoms. The van der Waals surface area contributed by atoms with Crippen molar-refractivity contribution in [3.8, 4) is 0 Å². The Morgan fingerprint density at radius 1 is 1.32 bits per heavy atom. The molecule has 25 heavy (non-hydrogen) atoms. The number of carbonyl (C=O) groups is 1. The van der Waals surface area contributed by atoms with Crippen LogP contribution in [-0.2, 0) is 16.1 Å². The van der Waals surface area contributed by atoms with Crippen LogP contribution in [0.3, 0.4) is 0 Å². The van der Waals surface area contributed by atoms with Gasteiger partial charge in [0.05, 0.1) is 18.4 Å². The predicted molar refractivity (Wildman–Crippen MR) is 95.0 cm³/mol. The average molecular weight is 380 g/mol. The molecule has 2 aliphatic rings. The predicted octanol–water partition coefficient (Wildman–Crippen LogP) is 2.23. The minimum Gasteiger partial charge on any atom is -0.376 e. The maximum absolute atomic E-state index is 12.1. The van der Waals surface area contributed by atoms with Crippen molar-refractivity contribution < 1.29 is 9.53 Å². The van der Waals surface area contributed by atoms with Crippen molar-refractivity contribution in [3.63, 3.8) is 0 Å². The van der Waals surface area contributed by atoms with Gasteiger partial charge in [-0.25, -0.2) is 0 Å². The van der Waals surface area contributed by atoms with Gasteiger partial charge in [0.1, 0.15) is 10.8 Å². The minimum atomic E-state index is -0.110. The quantitative estimate of drug-likeness (QED) is 0.736. The van der Waals surface area contributed by atoms with E-state index in [1.54, 1.807) is 0 Å². The van der Waals surface area contributed by atoms with Gasteiger partial charge in [-0.15, -0.1) is 20.4 Å². The van der Waals surface area contributed by atoms with Crippen LogP contribution in [0.5, 0.6) is 0 Å². The molecule has 1 saturated heterocycles. The van der Waals surface area contributed by atoms with E-state index in [4.69, 9.17) is 4.74 Å². The molecule has 1 atom stereocenters. The number of aromatic nitrogens is 5. The number of thioether (sulfide) groups is 1. The highest BCUT2D eigenvalue weighted by atomic mass is 32.2. The standard InChI is InChI=1S/C15H20N6O2S2/c1-9-17-19-14(25-9)16-12(22)8-24-15-20-18-13(10-4-5-10)21(15)7-11-3-2-6-23-11/h10-11H,2-8H2,1H3,(H,16,19,22)/t11-/m1/s1. The molecule has 2 fully saturated rings. The second kappa shape index (κ2) is 7.38. The van der Waals surface area contributed by atoms with Gasteiger partial charge >= 0.3 is 0 Å². The molecule has 3 heterocycles. The summed E-state index contributed by atoms with van der Waals surface area (Å²) in [7, 11) is 0. The van der Waals surface area contributed by atoms with E-state index in [9.17, 15) is 4.79 Å². The second-order valence-electron chi connectivity index (χ2n) is 6.32. The van der Waals surface area contributed by atoms with Crippen LogP contribution in [0.1, 0.15) is 42.4 Å². The molecular weight excluding hydrogens is 360 g/mol. The third kappa shape index (κ3) is 4.18. The third-order valence-electron chi connectivity index (χ3n) is 4.20. The van der Waals surface area contributed by atoms with Crippen LogP contribution in [-0.4, -0.2) is 49.3 Å². The molecule has 1 aliphatic carbocycles. The summed E-state index contributed by atoms with van der Waals surface area (Å²) in [5.41, 5.74) is 0. The van der Waals surface area contributed by atoms with Gasteiger partial charge in [-0.3, -0.25) is 10.1 Å². The van der Waals surface area contributed by atoms with Gasteiger partial charge in [-0.2, -0.15) is 0 Å². The van der Waals surface area contributed by atoms with Gasteiger partial charge in [-0.05, 0) is 32.6 Å². The van der Waals surface area contributed by atoms with Crippen LogP contribution < -0.4 is 5.32 Å². The molecular formula is C15H20N6O2S2. The van der Waals surface area contributed by atoms with E-state index in [1.165, 1.54) is 35.9 Å². The highest BCUT2D eigenvalue weighted by molar-refractivity contribution is 7.99. The lowest BCUT2D eigenvalue weighted by atomic mass is 10.2. The zero-order valence-corrected chi connectivity index (χ0v) is 15.6. The first-order valence-corrected chi connectivity index (χ1v) is 10.3. The maximum atomic E-state index is 12.1. The van der Waals surface area contributed by atoms with Crippen molar-refractivity contribution in [2.75, 3.05) is 17.7 Å². The van der Waals surface area contributed by atoms with Gasteiger partial charge in [0, 0.05) is 12.5 Å². The number of nitrogens with one attached hydrogen (secondary N) is 1. The zero-order chi connectivity index (χ0) is 17.2. The number of amides is 1. The first kappa shape index (κ1) is 16.9. The maximum Gasteiger partial charge on any atom is 0.236 e. The van der Waals surface area contributed by atoms with E-state index in [2.05, 4.69) is 30.3 Å². The molecule has 8 nitrogen and oxygen atoms in total. The summed E-state index contributed by atoms with van der Waals surface area (Å²) in [4.78, 5) is 12.1. The Kier molecular flexibility index (Phi) is 5.00. The molecule has 2 aromatic rings. The monoisotopic (exact) mass is 380 g/mol. The van der Waals surface area contributed by atoms with Crippen LogP contribution in [0.15, 0.2) is 5.16 Å². The molecule has 1 N–H and O–H groups in total. The van der Waals surface area contributed by atoms with E-state index in [0.717, 1.165) is 42.0 Å². The van der Waals surface area contributed by atoms with Gasteiger partial charge < -0.3 is 9.30 Å². The van der Waals surface area contributed by atoms with E-state index >= 15 is 0 Å². The van der Waals surface area contributed by atoms with Crippen molar-refractivity contribution >= 4 is 34.1 Å². The van der Waals surface area contributed by atoms with Crippen LogP contribution in [0, 0.1) is 6.92 Å². The Morgan fingerprint density at radius 3 is 2.88 bits per heavy atom. The number of ether oxygens (including phenoxy) is 1. The van der Waals surface area contributed by atoms with Crippen LogP contribution >= 0.6 is 23.1 Å². The van der Waals surface area contributed by atoms with Gasteiger partial charge in [0.2, 0.25) is 11.0 Å². The lowest BCUT2D eigenvalue weighted by Gasteiger charge is -2.14. The third-order valence-corrected chi connectivity index (χ3v) is 5.92. The molecule has 1 saturated carbocycles. The fourth-order valence-corrected chi connectivity index (χ4v) is 4.21. The van der Waals surface area contributed by atoms with Crippen molar-refractivity contribution in [1.29, 1.82) is 0 Å². The first-order chi connectivity index (χ1) is 12.2. The highest BCUT2D eigenvalue weighted by Crippen LogP contribution is 2.40. The number of aryl methyl sites for hydroxylation is 1.